The van der Waals surface area contributed by atoms with E-state index < -0.39 is 0 Å². The molecule has 4 heteroatoms. The third kappa shape index (κ3) is 2.56. The van der Waals surface area contributed by atoms with E-state index in [1.54, 1.807) is 18.4 Å². The lowest BCUT2D eigenvalue weighted by Gasteiger charge is -2.29. The zero-order chi connectivity index (χ0) is 11.4. The zero-order valence-electron chi connectivity index (χ0n) is 9.86. The molecule has 0 spiro atoms. The summed E-state index contributed by atoms with van der Waals surface area (Å²) in [7, 11) is 3.73. The summed E-state index contributed by atoms with van der Waals surface area (Å²) in [5, 5.41) is 5.46. The van der Waals surface area contributed by atoms with Crippen molar-refractivity contribution >= 4 is 11.3 Å². The monoisotopic (exact) mass is 241 g/mol. The van der Waals surface area contributed by atoms with Crippen LogP contribution in [0.5, 0.6) is 5.75 Å². The van der Waals surface area contributed by atoms with Crippen LogP contribution in [0.25, 0.3) is 0 Å². The molecule has 0 aromatic carbocycles. The van der Waals surface area contributed by atoms with Crippen LogP contribution in [-0.4, -0.2) is 27.4 Å². The van der Waals surface area contributed by atoms with Crippen molar-refractivity contribution in [1.82, 2.24) is 5.32 Å². The molecular formula is C12H19NO2S. The van der Waals surface area contributed by atoms with Gasteiger partial charge in [-0.25, -0.2) is 0 Å². The smallest absolute Gasteiger partial charge is 0.129 e. The topological polar surface area (TPSA) is 30.5 Å². The highest BCUT2D eigenvalue weighted by Crippen LogP contribution is 2.34. The second kappa shape index (κ2) is 5.66. The fraction of sp³-hybridized carbons (Fsp3) is 0.667. The summed E-state index contributed by atoms with van der Waals surface area (Å²) >= 11 is 1.76. The number of nitrogens with one attached hydrogen (secondary N) is 1. The predicted octanol–water partition coefficient (Wildman–Crippen LogP) is 2.44. The summed E-state index contributed by atoms with van der Waals surface area (Å²) in [5.41, 5.74) is 0. The molecule has 2 atom stereocenters. The number of thiophene rings is 1. The Bertz CT molecular complexity index is 321. The Balaban J connectivity index is 2.08. The van der Waals surface area contributed by atoms with Gasteiger partial charge in [-0.3, -0.25) is 0 Å². The molecule has 2 rings (SSSR count). The Hall–Kier alpha value is -0.580. The minimum Gasteiger partial charge on any atom is -0.496 e. The molecule has 1 saturated heterocycles. The average molecular weight is 241 g/mol. The van der Waals surface area contributed by atoms with Crippen molar-refractivity contribution in [1.29, 1.82) is 0 Å². The Morgan fingerprint density at radius 1 is 1.62 bits per heavy atom. The van der Waals surface area contributed by atoms with E-state index in [9.17, 15) is 0 Å². The van der Waals surface area contributed by atoms with E-state index in [0.717, 1.165) is 19.0 Å². The van der Waals surface area contributed by atoms with Gasteiger partial charge in [0.1, 0.15) is 5.75 Å². The Kier molecular flexibility index (Phi) is 4.21. The second-order valence-electron chi connectivity index (χ2n) is 4.13. The third-order valence-electron chi connectivity index (χ3n) is 3.12. The Morgan fingerprint density at radius 2 is 2.50 bits per heavy atom. The minimum atomic E-state index is 0.397. The lowest BCUT2D eigenvalue weighted by Crippen LogP contribution is -2.30. The predicted molar refractivity (Wildman–Crippen MR) is 66.2 cm³/mol. The summed E-state index contributed by atoms with van der Waals surface area (Å²) in [4.78, 5) is 1.34. The van der Waals surface area contributed by atoms with Gasteiger partial charge in [-0.05, 0) is 26.0 Å². The van der Waals surface area contributed by atoms with Gasteiger partial charge in [0, 0.05) is 28.8 Å². The van der Waals surface area contributed by atoms with E-state index in [-0.39, 0.29) is 0 Å². The minimum absolute atomic E-state index is 0.397. The van der Waals surface area contributed by atoms with Crippen molar-refractivity contribution in [3.05, 3.63) is 16.3 Å². The zero-order valence-corrected chi connectivity index (χ0v) is 10.7. The molecule has 0 aliphatic carbocycles. The molecular weight excluding hydrogens is 222 g/mol. The highest BCUT2D eigenvalue weighted by atomic mass is 32.1. The van der Waals surface area contributed by atoms with Crippen molar-refractivity contribution in [3.8, 4) is 5.75 Å². The highest BCUT2D eigenvalue weighted by molar-refractivity contribution is 7.10. The van der Waals surface area contributed by atoms with Crippen LogP contribution in [0, 0.1) is 5.92 Å². The number of methoxy groups -OCH3 is 1. The van der Waals surface area contributed by atoms with Gasteiger partial charge in [-0.1, -0.05) is 0 Å². The first-order chi connectivity index (χ1) is 7.85. The van der Waals surface area contributed by atoms with Gasteiger partial charge in [0.05, 0.1) is 13.7 Å². The van der Waals surface area contributed by atoms with Gasteiger partial charge in [0.25, 0.3) is 0 Å². The van der Waals surface area contributed by atoms with Crippen LogP contribution in [0.1, 0.15) is 23.8 Å². The van der Waals surface area contributed by atoms with Gasteiger partial charge in [0.15, 0.2) is 0 Å². The van der Waals surface area contributed by atoms with Gasteiger partial charge in [-0.2, -0.15) is 0 Å². The molecule has 0 saturated carbocycles. The van der Waals surface area contributed by atoms with Gasteiger partial charge in [0.2, 0.25) is 0 Å². The fourth-order valence-electron chi connectivity index (χ4n) is 2.24. The first-order valence-electron chi connectivity index (χ1n) is 5.72. The van der Waals surface area contributed by atoms with Crippen LogP contribution in [-0.2, 0) is 4.74 Å². The highest BCUT2D eigenvalue weighted by Gasteiger charge is 2.25. The summed E-state index contributed by atoms with van der Waals surface area (Å²) in [6, 6.07) is 2.52. The van der Waals surface area contributed by atoms with E-state index in [0.29, 0.717) is 12.0 Å². The van der Waals surface area contributed by atoms with Crippen molar-refractivity contribution in [2.24, 2.45) is 5.92 Å². The van der Waals surface area contributed by atoms with Gasteiger partial charge < -0.3 is 14.8 Å². The molecule has 90 valence electrons. The van der Waals surface area contributed by atoms with E-state index in [1.807, 2.05) is 7.05 Å². The molecule has 1 N–H and O–H groups in total. The molecule has 2 unspecified atom stereocenters. The maximum atomic E-state index is 5.55. The molecule has 3 nitrogen and oxygen atoms in total. The lowest BCUT2D eigenvalue weighted by atomic mass is 9.93. The molecule has 0 amide bonds. The van der Waals surface area contributed by atoms with Gasteiger partial charge >= 0.3 is 0 Å². The fourth-order valence-corrected chi connectivity index (χ4v) is 3.30. The molecule has 1 aromatic heterocycles. The van der Waals surface area contributed by atoms with Crippen molar-refractivity contribution < 1.29 is 9.47 Å². The van der Waals surface area contributed by atoms with Crippen LogP contribution in [0.4, 0.5) is 0 Å². The quantitative estimate of drug-likeness (QED) is 0.878. The third-order valence-corrected chi connectivity index (χ3v) is 4.11. The van der Waals surface area contributed by atoms with E-state index in [1.165, 1.54) is 17.7 Å². The van der Waals surface area contributed by atoms with Crippen LogP contribution < -0.4 is 10.1 Å². The van der Waals surface area contributed by atoms with Crippen molar-refractivity contribution in [3.63, 3.8) is 0 Å². The van der Waals surface area contributed by atoms with Crippen LogP contribution in [0.2, 0.25) is 0 Å². The largest absolute Gasteiger partial charge is 0.496 e. The van der Waals surface area contributed by atoms with Crippen LogP contribution in [0.3, 0.4) is 0 Å². The maximum Gasteiger partial charge on any atom is 0.129 e. The van der Waals surface area contributed by atoms with Gasteiger partial charge in [-0.15, -0.1) is 11.3 Å². The molecule has 1 aliphatic heterocycles. The Morgan fingerprint density at radius 3 is 3.06 bits per heavy atom. The van der Waals surface area contributed by atoms with Crippen molar-refractivity contribution in [2.45, 2.75) is 18.9 Å². The summed E-state index contributed by atoms with van der Waals surface area (Å²) in [6.07, 6.45) is 2.41. The lowest BCUT2D eigenvalue weighted by molar-refractivity contribution is 0.0407. The Labute approximate surface area is 101 Å². The van der Waals surface area contributed by atoms with E-state index >= 15 is 0 Å². The molecule has 16 heavy (non-hydrogen) atoms. The molecule has 1 fully saturated rings. The maximum absolute atomic E-state index is 5.55. The van der Waals surface area contributed by atoms with Crippen LogP contribution >= 0.6 is 11.3 Å². The number of rotatable bonds is 4. The van der Waals surface area contributed by atoms with Crippen LogP contribution in [0.15, 0.2) is 11.4 Å². The second-order valence-corrected chi connectivity index (χ2v) is 5.08. The first kappa shape index (κ1) is 11.9. The number of hydrogen-bond donors (Lipinski definition) is 1. The molecule has 0 bridgehead atoms. The summed E-state index contributed by atoms with van der Waals surface area (Å²) in [5.74, 6) is 1.54. The number of hydrogen-bond acceptors (Lipinski definition) is 4. The van der Waals surface area contributed by atoms with E-state index in [2.05, 4.69) is 16.8 Å². The van der Waals surface area contributed by atoms with E-state index in [4.69, 9.17) is 9.47 Å². The normalized spacial score (nSPS) is 23.0. The standard InChI is InChI=1S/C12H19NO2S/c1-13-12(9-4-3-5-15-7-9)11-6-10(14-2)8-16-11/h6,8-9,12-13H,3-5,7H2,1-2H3. The average Bonchev–Trinajstić information content (AvgIpc) is 2.80. The molecule has 0 radical (unpaired) electrons. The molecule has 1 aromatic rings. The molecule has 1 aliphatic rings. The number of ether oxygens (including phenoxy) is 2. The molecule has 2 heterocycles. The van der Waals surface area contributed by atoms with Crippen molar-refractivity contribution in [2.75, 3.05) is 27.4 Å². The first-order valence-corrected chi connectivity index (χ1v) is 6.60. The SMILES string of the molecule is CNC(c1cc(OC)cs1)C1CCCOC1. The summed E-state index contributed by atoms with van der Waals surface area (Å²) in [6.45, 7) is 1.78. The summed E-state index contributed by atoms with van der Waals surface area (Å²) < 4.78 is 10.8.